The Hall–Kier alpha value is -1.32. The molecule has 0 aliphatic heterocycles. The minimum atomic E-state index is -0.127. The lowest BCUT2D eigenvalue weighted by Crippen LogP contribution is -2.19. The largest absolute Gasteiger partial charge is 0.310 e. The van der Waals surface area contributed by atoms with E-state index in [4.69, 9.17) is 0 Å². The van der Waals surface area contributed by atoms with E-state index in [0.29, 0.717) is 0 Å². The topological polar surface area (TPSA) is 12.0 Å². The Morgan fingerprint density at radius 3 is 2.62 bits per heavy atom. The predicted octanol–water partition coefficient (Wildman–Crippen LogP) is 5.10. The Kier molecular flexibility index (Phi) is 5.83. The van der Waals surface area contributed by atoms with Gasteiger partial charge in [0.15, 0.2) is 0 Å². The molecule has 0 aromatic heterocycles. The highest BCUT2D eigenvalue weighted by Crippen LogP contribution is 2.32. The van der Waals surface area contributed by atoms with Crippen molar-refractivity contribution in [2.45, 2.75) is 37.5 Å². The zero-order valence-corrected chi connectivity index (χ0v) is 13.6. The van der Waals surface area contributed by atoms with Crippen LogP contribution in [0.5, 0.6) is 0 Å². The van der Waals surface area contributed by atoms with Gasteiger partial charge in [0.05, 0.1) is 0 Å². The first-order valence-electron chi connectivity index (χ1n) is 7.32. The van der Waals surface area contributed by atoms with E-state index < -0.39 is 0 Å². The average Bonchev–Trinajstić information content (AvgIpc) is 2.46. The summed E-state index contributed by atoms with van der Waals surface area (Å²) in [5.41, 5.74) is 3.36. The molecule has 112 valence electrons. The molecule has 2 rings (SSSR count). The lowest BCUT2D eigenvalue weighted by molar-refractivity contribution is 0.531. The van der Waals surface area contributed by atoms with Crippen molar-refractivity contribution in [3.8, 4) is 0 Å². The minimum absolute atomic E-state index is 0.0237. The minimum Gasteiger partial charge on any atom is -0.310 e. The third-order valence-electron chi connectivity index (χ3n) is 3.60. The SMILES string of the molecule is CCNC(C)c1c(F)cccc1SCc1ccccc1C. The first-order valence-corrected chi connectivity index (χ1v) is 8.31. The summed E-state index contributed by atoms with van der Waals surface area (Å²) in [6.07, 6.45) is 0. The maximum Gasteiger partial charge on any atom is 0.129 e. The fourth-order valence-corrected chi connectivity index (χ4v) is 3.64. The van der Waals surface area contributed by atoms with Gasteiger partial charge in [0, 0.05) is 22.3 Å². The van der Waals surface area contributed by atoms with E-state index in [0.717, 1.165) is 22.8 Å². The van der Waals surface area contributed by atoms with Gasteiger partial charge in [-0.15, -0.1) is 11.8 Å². The summed E-state index contributed by atoms with van der Waals surface area (Å²) in [6, 6.07) is 13.7. The Balaban J connectivity index is 2.20. The first-order chi connectivity index (χ1) is 10.1. The lowest BCUT2D eigenvalue weighted by Gasteiger charge is -2.18. The third kappa shape index (κ3) is 4.08. The molecule has 1 unspecified atom stereocenters. The zero-order chi connectivity index (χ0) is 15.2. The highest BCUT2D eigenvalue weighted by atomic mass is 32.2. The van der Waals surface area contributed by atoms with Gasteiger partial charge < -0.3 is 5.32 Å². The molecule has 21 heavy (non-hydrogen) atoms. The van der Waals surface area contributed by atoms with Crippen molar-refractivity contribution in [3.63, 3.8) is 0 Å². The van der Waals surface area contributed by atoms with Gasteiger partial charge in [-0.2, -0.15) is 0 Å². The van der Waals surface area contributed by atoms with Crippen molar-refractivity contribution in [3.05, 3.63) is 65.0 Å². The number of hydrogen-bond acceptors (Lipinski definition) is 2. The average molecular weight is 303 g/mol. The highest BCUT2D eigenvalue weighted by molar-refractivity contribution is 7.98. The maximum absolute atomic E-state index is 14.2. The van der Waals surface area contributed by atoms with Crippen LogP contribution in [-0.4, -0.2) is 6.54 Å². The third-order valence-corrected chi connectivity index (χ3v) is 4.72. The molecule has 0 saturated carbocycles. The van der Waals surface area contributed by atoms with Crippen molar-refractivity contribution in [2.75, 3.05) is 6.54 Å². The number of nitrogens with one attached hydrogen (secondary N) is 1. The van der Waals surface area contributed by atoms with Gasteiger partial charge in [-0.3, -0.25) is 0 Å². The van der Waals surface area contributed by atoms with Crippen LogP contribution in [0.3, 0.4) is 0 Å². The summed E-state index contributed by atoms with van der Waals surface area (Å²) in [5, 5.41) is 3.30. The molecule has 2 aromatic carbocycles. The van der Waals surface area contributed by atoms with Gasteiger partial charge >= 0.3 is 0 Å². The Morgan fingerprint density at radius 1 is 1.14 bits per heavy atom. The van der Waals surface area contributed by atoms with Crippen LogP contribution >= 0.6 is 11.8 Å². The molecular formula is C18H22FNS. The fourth-order valence-electron chi connectivity index (χ4n) is 2.40. The van der Waals surface area contributed by atoms with Crippen LogP contribution in [0, 0.1) is 12.7 Å². The second-order valence-corrected chi connectivity index (χ2v) is 6.16. The molecule has 0 bridgehead atoms. The molecule has 0 aliphatic rings. The Bertz CT molecular complexity index is 598. The Morgan fingerprint density at radius 2 is 1.90 bits per heavy atom. The van der Waals surface area contributed by atoms with Crippen LogP contribution in [0.4, 0.5) is 4.39 Å². The van der Waals surface area contributed by atoms with Crippen molar-refractivity contribution in [1.29, 1.82) is 0 Å². The summed E-state index contributed by atoms with van der Waals surface area (Å²) in [5.74, 6) is 0.736. The fraction of sp³-hybridized carbons (Fsp3) is 0.333. The number of halogens is 1. The zero-order valence-electron chi connectivity index (χ0n) is 12.8. The predicted molar refractivity (Wildman–Crippen MR) is 89.2 cm³/mol. The second-order valence-electron chi connectivity index (χ2n) is 5.15. The van der Waals surface area contributed by atoms with Crippen molar-refractivity contribution in [2.24, 2.45) is 0 Å². The standard InChI is InChI=1S/C18H22FNS/c1-4-20-14(3)18-16(19)10-7-11-17(18)21-12-15-9-6-5-8-13(15)2/h5-11,14,20H,4,12H2,1-3H3. The monoisotopic (exact) mass is 303 g/mol. The molecule has 2 aromatic rings. The maximum atomic E-state index is 14.2. The van der Waals surface area contributed by atoms with E-state index >= 15 is 0 Å². The van der Waals surface area contributed by atoms with E-state index in [1.54, 1.807) is 23.9 Å². The summed E-state index contributed by atoms with van der Waals surface area (Å²) < 4.78 is 14.2. The number of thioether (sulfide) groups is 1. The van der Waals surface area contributed by atoms with Gasteiger partial charge in [-0.05, 0) is 43.7 Å². The van der Waals surface area contributed by atoms with Gasteiger partial charge in [0.1, 0.15) is 5.82 Å². The van der Waals surface area contributed by atoms with Crippen LogP contribution in [0.15, 0.2) is 47.4 Å². The number of benzene rings is 2. The molecule has 0 aliphatic carbocycles. The molecule has 0 saturated heterocycles. The van der Waals surface area contributed by atoms with Crippen LogP contribution < -0.4 is 5.32 Å². The first kappa shape index (κ1) is 16.1. The van der Waals surface area contributed by atoms with Crippen molar-refractivity contribution >= 4 is 11.8 Å². The molecular weight excluding hydrogens is 281 g/mol. The van der Waals surface area contributed by atoms with Gasteiger partial charge in [-0.25, -0.2) is 4.39 Å². The number of aryl methyl sites for hydroxylation is 1. The van der Waals surface area contributed by atoms with Crippen LogP contribution in [0.1, 0.15) is 36.6 Å². The molecule has 1 atom stereocenters. The second kappa shape index (κ2) is 7.62. The Labute approximate surface area is 131 Å². The number of rotatable bonds is 6. The molecule has 0 heterocycles. The van der Waals surface area contributed by atoms with Crippen LogP contribution in [0.2, 0.25) is 0 Å². The highest BCUT2D eigenvalue weighted by Gasteiger charge is 2.15. The molecule has 0 amide bonds. The smallest absolute Gasteiger partial charge is 0.129 e. The van der Waals surface area contributed by atoms with Crippen molar-refractivity contribution in [1.82, 2.24) is 5.32 Å². The molecule has 0 fully saturated rings. The van der Waals surface area contributed by atoms with E-state index in [2.05, 4.69) is 30.4 Å². The van der Waals surface area contributed by atoms with Crippen molar-refractivity contribution < 1.29 is 4.39 Å². The van der Waals surface area contributed by atoms with E-state index in [1.807, 2.05) is 26.0 Å². The normalized spacial score (nSPS) is 12.4. The molecule has 1 nitrogen and oxygen atoms in total. The summed E-state index contributed by atoms with van der Waals surface area (Å²) in [6.45, 7) is 7.00. The van der Waals surface area contributed by atoms with E-state index in [9.17, 15) is 4.39 Å². The van der Waals surface area contributed by atoms with Gasteiger partial charge in [0.2, 0.25) is 0 Å². The number of hydrogen-bond donors (Lipinski definition) is 1. The van der Waals surface area contributed by atoms with Crippen LogP contribution in [0.25, 0.3) is 0 Å². The van der Waals surface area contributed by atoms with Crippen LogP contribution in [-0.2, 0) is 5.75 Å². The summed E-state index contributed by atoms with van der Waals surface area (Å²) in [4.78, 5) is 1.02. The summed E-state index contributed by atoms with van der Waals surface area (Å²) >= 11 is 1.70. The molecule has 0 spiro atoms. The molecule has 3 heteroatoms. The van der Waals surface area contributed by atoms with E-state index in [-0.39, 0.29) is 11.9 Å². The van der Waals surface area contributed by atoms with Gasteiger partial charge in [0.25, 0.3) is 0 Å². The lowest BCUT2D eigenvalue weighted by atomic mass is 10.1. The molecule has 0 radical (unpaired) electrons. The molecule has 1 N–H and O–H groups in total. The van der Waals surface area contributed by atoms with E-state index in [1.165, 1.54) is 11.1 Å². The quantitative estimate of drug-likeness (QED) is 0.745. The summed E-state index contributed by atoms with van der Waals surface area (Å²) in [7, 11) is 0. The van der Waals surface area contributed by atoms with Gasteiger partial charge in [-0.1, -0.05) is 37.3 Å².